The standard InChI is InChI=1S/C9H10ClNOS/c10-3-1-2-7-5-11-8(12)4-9(11)13-6-7/h1-2,5,9H,3-4,6H2/b2-1-. The number of carbonyl (C=O) groups is 1. The molecule has 1 amide bonds. The van der Waals surface area contributed by atoms with E-state index in [4.69, 9.17) is 11.6 Å². The Labute approximate surface area is 86.6 Å². The van der Waals surface area contributed by atoms with Gasteiger partial charge in [-0.15, -0.1) is 23.4 Å². The number of alkyl halides is 1. The summed E-state index contributed by atoms with van der Waals surface area (Å²) in [5, 5.41) is 0.403. The second-order valence-electron chi connectivity index (χ2n) is 3.03. The van der Waals surface area contributed by atoms with Crippen LogP contribution in [0.25, 0.3) is 0 Å². The summed E-state index contributed by atoms with van der Waals surface area (Å²) in [6, 6.07) is 0. The normalized spacial score (nSPS) is 27.2. The molecule has 1 saturated heterocycles. The number of halogens is 1. The fourth-order valence-electron chi connectivity index (χ4n) is 1.39. The highest BCUT2D eigenvalue weighted by Gasteiger charge is 2.37. The van der Waals surface area contributed by atoms with Gasteiger partial charge < -0.3 is 4.90 Å². The van der Waals surface area contributed by atoms with Crippen molar-refractivity contribution in [3.63, 3.8) is 0 Å². The second kappa shape index (κ2) is 3.76. The Kier molecular flexibility index (Phi) is 2.65. The van der Waals surface area contributed by atoms with Gasteiger partial charge in [-0.1, -0.05) is 12.2 Å². The van der Waals surface area contributed by atoms with Crippen LogP contribution in [0.2, 0.25) is 0 Å². The first-order chi connectivity index (χ1) is 6.31. The fraction of sp³-hybridized carbons (Fsp3) is 0.444. The second-order valence-corrected chi connectivity index (χ2v) is 4.51. The van der Waals surface area contributed by atoms with Crippen molar-refractivity contribution in [2.45, 2.75) is 11.8 Å². The van der Waals surface area contributed by atoms with Crippen LogP contribution in [0.15, 0.2) is 23.9 Å². The molecule has 2 rings (SSSR count). The van der Waals surface area contributed by atoms with E-state index in [2.05, 4.69) is 0 Å². The molecule has 2 heterocycles. The van der Waals surface area contributed by atoms with Gasteiger partial charge in [0.1, 0.15) is 0 Å². The minimum atomic E-state index is 0.231. The van der Waals surface area contributed by atoms with Gasteiger partial charge in [0, 0.05) is 17.8 Å². The minimum absolute atomic E-state index is 0.231. The summed E-state index contributed by atoms with van der Waals surface area (Å²) >= 11 is 7.34. The van der Waals surface area contributed by atoms with Crippen LogP contribution in [0.1, 0.15) is 6.42 Å². The summed E-state index contributed by atoms with van der Waals surface area (Å²) in [4.78, 5) is 12.9. The highest BCUT2D eigenvalue weighted by Crippen LogP contribution is 2.35. The lowest BCUT2D eigenvalue weighted by molar-refractivity contribution is -0.137. The van der Waals surface area contributed by atoms with E-state index < -0.39 is 0 Å². The third-order valence-electron chi connectivity index (χ3n) is 2.12. The molecule has 0 saturated carbocycles. The quantitative estimate of drug-likeness (QED) is 0.519. The van der Waals surface area contributed by atoms with Gasteiger partial charge >= 0.3 is 0 Å². The molecule has 70 valence electrons. The van der Waals surface area contributed by atoms with Gasteiger partial charge in [-0.25, -0.2) is 0 Å². The van der Waals surface area contributed by atoms with Crippen LogP contribution in [-0.4, -0.2) is 27.8 Å². The highest BCUT2D eigenvalue weighted by molar-refractivity contribution is 8.00. The number of β-lactam (4-membered cyclic amide) rings is 1. The number of carbonyl (C=O) groups excluding carboxylic acids is 1. The lowest BCUT2D eigenvalue weighted by Gasteiger charge is -2.40. The van der Waals surface area contributed by atoms with Crippen LogP contribution in [0.3, 0.4) is 0 Å². The maximum atomic E-state index is 11.1. The summed E-state index contributed by atoms with van der Waals surface area (Å²) in [6.07, 6.45) is 6.53. The third kappa shape index (κ3) is 1.76. The summed E-state index contributed by atoms with van der Waals surface area (Å²) in [5.74, 6) is 1.75. The molecule has 0 aromatic heterocycles. The van der Waals surface area contributed by atoms with Gasteiger partial charge in [0.05, 0.1) is 11.8 Å². The van der Waals surface area contributed by atoms with E-state index in [0.717, 1.165) is 5.75 Å². The summed E-state index contributed by atoms with van der Waals surface area (Å²) < 4.78 is 0. The molecule has 2 aliphatic heterocycles. The largest absolute Gasteiger partial charge is 0.306 e. The topological polar surface area (TPSA) is 20.3 Å². The van der Waals surface area contributed by atoms with E-state index in [0.29, 0.717) is 17.7 Å². The molecule has 0 bridgehead atoms. The number of amides is 1. The van der Waals surface area contributed by atoms with E-state index in [1.54, 1.807) is 0 Å². The molecule has 1 atom stereocenters. The predicted octanol–water partition coefficient (Wildman–Crippen LogP) is 1.97. The number of hydrogen-bond donors (Lipinski definition) is 0. The van der Waals surface area contributed by atoms with Gasteiger partial charge in [-0.3, -0.25) is 4.79 Å². The van der Waals surface area contributed by atoms with Crippen molar-refractivity contribution in [2.75, 3.05) is 11.6 Å². The van der Waals surface area contributed by atoms with E-state index in [1.807, 2.05) is 35.0 Å². The number of hydrogen-bond acceptors (Lipinski definition) is 2. The zero-order valence-corrected chi connectivity index (χ0v) is 8.64. The molecule has 0 aromatic rings. The average molecular weight is 216 g/mol. The number of allylic oxidation sites excluding steroid dienone is 2. The molecule has 0 aliphatic carbocycles. The maximum absolute atomic E-state index is 11.1. The van der Waals surface area contributed by atoms with Gasteiger partial charge in [-0.05, 0) is 5.57 Å². The molecular weight excluding hydrogens is 206 g/mol. The predicted molar refractivity (Wildman–Crippen MR) is 55.7 cm³/mol. The Morgan fingerprint density at radius 1 is 1.77 bits per heavy atom. The average Bonchev–Trinajstić information content (AvgIpc) is 2.14. The van der Waals surface area contributed by atoms with Crippen molar-refractivity contribution in [2.24, 2.45) is 0 Å². The van der Waals surface area contributed by atoms with Crippen LogP contribution in [0.4, 0.5) is 0 Å². The summed E-state index contributed by atoms with van der Waals surface area (Å²) in [7, 11) is 0. The SMILES string of the molecule is O=C1CC2SCC(/C=C\CCl)=CN12. The molecule has 0 aromatic carbocycles. The first-order valence-corrected chi connectivity index (χ1v) is 5.75. The Hall–Kier alpha value is -0.410. The van der Waals surface area contributed by atoms with Gasteiger partial charge in [0.15, 0.2) is 0 Å². The van der Waals surface area contributed by atoms with E-state index in [1.165, 1.54) is 5.57 Å². The number of thioether (sulfide) groups is 1. The van der Waals surface area contributed by atoms with Crippen LogP contribution < -0.4 is 0 Å². The van der Waals surface area contributed by atoms with Crippen LogP contribution in [-0.2, 0) is 4.79 Å². The number of rotatable bonds is 2. The zero-order valence-electron chi connectivity index (χ0n) is 7.07. The van der Waals surface area contributed by atoms with Gasteiger partial charge in [0.2, 0.25) is 5.91 Å². The van der Waals surface area contributed by atoms with Crippen molar-refractivity contribution in [3.05, 3.63) is 23.9 Å². The van der Waals surface area contributed by atoms with Crippen molar-refractivity contribution in [3.8, 4) is 0 Å². The maximum Gasteiger partial charge on any atom is 0.230 e. The first kappa shape index (κ1) is 9.16. The van der Waals surface area contributed by atoms with Gasteiger partial charge in [-0.2, -0.15) is 0 Å². The Morgan fingerprint density at radius 3 is 3.31 bits per heavy atom. The van der Waals surface area contributed by atoms with E-state index >= 15 is 0 Å². The molecule has 4 heteroatoms. The van der Waals surface area contributed by atoms with Crippen molar-refractivity contribution < 1.29 is 4.79 Å². The molecule has 0 radical (unpaired) electrons. The zero-order chi connectivity index (χ0) is 9.26. The molecule has 2 nitrogen and oxygen atoms in total. The Morgan fingerprint density at radius 2 is 2.62 bits per heavy atom. The fourth-order valence-corrected chi connectivity index (χ4v) is 2.64. The van der Waals surface area contributed by atoms with Crippen molar-refractivity contribution in [1.29, 1.82) is 0 Å². The number of nitrogens with zero attached hydrogens (tertiary/aromatic N) is 1. The molecule has 0 spiro atoms. The third-order valence-corrected chi connectivity index (χ3v) is 3.57. The molecular formula is C9H10ClNOS. The minimum Gasteiger partial charge on any atom is -0.306 e. The Bertz CT molecular complexity index is 287. The first-order valence-electron chi connectivity index (χ1n) is 4.17. The lowest BCUT2D eigenvalue weighted by atomic mass is 10.2. The van der Waals surface area contributed by atoms with Gasteiger partial charge in [0.25, 0.3) is 0 Å². The van der Waals surface area contributed by atoms with E-state index in [-0.39, 0.29) is 5.91 Å². The summed E-state index contributed by atoms with van der Waals surface area (Å²) in [6.45, 7) is 0. The lowest BCUT2D eigenvalue weighted by Crippen LogP contribution is -2.48. The molecule has 2 aliphatic rings. The monoisotopic (exact) mass is 215 g/mol. The van der Waals surface area contributed by atoms with Crippen LogP contribution in [0, 0.1) is 0 Å². The van der Waals surface area contributed by atoms with E-state index in [9.17, 15) is 4.79 Å². The summed E-state index contributed by atoms with van der Waals surface area (Å²) in [5.41, 5.74) is 1.18. The molecule has 1 fully saturated rings. The number of fused-ring (bicyclic) bond motifs is 1. The highest BCUT2D eigenvalue weighted by atomic mass is 35.5. The van der Waals surface area contributed by atoms with Crippen molar-refractivity contribution in [1.82, 2.24) is 4.90 Å². The smallest absolute Gasteiger partial charge is 0.230 e. The molecule has 0 N–H and O–H groups in total. The van der Waals surface area contributed by atoms with Crippen molar-refractivity contribution >= 4 is 29.3 Å². The molecule has 1 unspecified atom stereocenters. The molecule has 13 heavy (non-hydrogen) atoms. The Balaban J connectivity index is 2.05. The van der Waals surface area contributed by atoms with Crippen LogP contribution in [0.5, 0.6) is 0 Å². The van der Waals surface area contributed by atoms with Crippen LogP contribution >= 0.6 is 23.4 Å².